The number of aromatic nitrogens is 1. The zero-order chi connectivity index (χ0) is 15.2. The summed E-state index contributed by atoms with van der Waals surface area (Å²) in [6.07, 6.45) is 3.46. The molecule has 21 heavy (non-hydrogen) atoms. The molecule has 1 amide bonds. The number of amides is 1. The smallest absolute Gasteiger partial charge is 0.238 e. The van der Waals surface area contributed by atoms with Gasteiger partial charge in [-0.3, -0.25) is 14.7 Å². The van der Waals surface area contributed by atoms with E-state index in [4.69, 9.17) is 5.73 Å². The number of carbonyl (C=O) groups is 1. The number of nitrogens with two attached hydrogens (primary N) is 1. The Morgan fingerprint density at radius 3 is 2.90 bits per heavy atom. The van der Waals surface area contributed by atoms with E-state index in [0.717, 1.165) is 5.56 Å². The number of anilines is 2. The summed E-state index contributed by atoms with van der Waals surface area (Å²) >= 11 is 0. The normalized spacial score (nSPS) is 10.6. The Morgan fingerprint density at radius 2 is 2.24 bits per heavy atom. The minimum atomic E-state index is -0.431. The quantitative estimate of drug-likeness (QED) is 0.824. The predicted octanol–water partition coefficient (Wildman–Crippen LogP) is 1.87. The summed E-state index contributed by atoms with van der Waals surface area (Å²) in [6.45, 7) is 0.811. The van der Waals surface area contributed by atoms with Crippen LogP contribution in [0.2, 0.25) is 0 Å². The Kier molecular flexibility index (Phi) is 4.84. The Hall–Kier alpha value is -2.47. The van der Waals surface area contributed by atoms with E-state index in [9.17, 15) is 9.18 Å². The van der Waals surface area contributed by atoms with Crippen LogP contribution in [0.5, 0.6) is 0 Å². The standard InChI is InChI=1S/C15H17FN4O/c1-20(9-11-3-2-6-18-8-11)10-15(21)19-14-5-4-12(16)7-13(14)17/h2-8H,9-10,17H2,1H3,(H,19,21). The molecule has 110 valence electrons. The minimum absolute atomic E-state index is 0.200. The van der Waals surface area contributed by atoms with Crippen molar-refractivity contribution in [1.82, 2.24) is 9.88 Å². The van der Waals surface area contributed by atoms with Gasteiger partial charge in [0.15, 0.2) is 0 Å². The van der Waals surface area contributed by atoms with Crippen LogP contribution >= 0.6 is 0 Å². The van der Waals surface area contributed by atoms with Crippen LogP contribution in [0.1, 0.15) is 5.56 Å². The van der Waals surface area contributed by atoms with Crippen LogP contribution in [0.25, 0.3) is 0 Å². The van der Waals surface area contributed by atoms with Gasteiger partial charge in [0.05, 0.1) is 17.9 Å². The van der Waals surface area contributed by atoms with Gasteiger partial charge in [0.1, 0.15) is 5.82 Å². The molecule has 6 heteroatoms. The molecule has 0 aliphatic heterocycles. The lowest BCUT2D eigenvalue weighted by Crippen LogP contribution is -2.30. The number of halogens is 1. The van der Waals surface area contributed by atoms with Crippen LogP contribution in [-0.4, -0.2) is 29.4 Å². The van der Waals surface area contributed by atoms with E-state index >= 15 is 0 Å². The van der Waals surface area contributed by atoms with Crippen molar-refractivity contribution in [3.63, 3.8) is 0 Å². The van der Waals surface area contributed by atoms with E-state index in [1.807, 2.05) is 24.1 Å². The van der Waals surface area contributed by atoms with E-state index in [0.29, 0.717) is 12.2 Å². The summed E-state index contributed by atoms with van der Waals surface area (Å²) in [5.74, 6) is -0.640. The molecule has 0 radical (unpaired) electrons. The molecular weight excluding hydrogens is 271 g/mol. The number of carbonyl (C=O) groups excluding carboxylic acids is 1. The number of likely N-dealkylation sites (N-methyl/N-ethyl adjacent to an activating group) is 1. The first kappa shape index (κ1) is 14.9. The zero-order valence-electron chi connectivity index (χ0n) is 11.7. The van der Waals surface area contributed by atoms with Crippen LogP contribution in [0, 0.1) is 5.82 Å². The molecule has 0 unspecified atom stereocenters. The monoisotopic (exact) mass is 288 g/mol. The maximum Gasteiger partial charge on any atom is 0.238 e. The zero-order valence-corrected chi connectivity index (χ0v) is 11.7. The fourth-order valence-corrected chi connectivity index (χ4v) is 1.94. The summed E-state index contributed by atoms with van der Waals surface area (Å²) in [7, 11) is 1.83. The number of nitrogens with one attached hydrogen (secondary N) is 1. The van der Waals surface area contributed by atoms with Crippen molar-refractivity contribution >= 4 is 17.3 Å². The van der Waals surface area contributed by atoms with Gasteiger partial charge < -0.3 is 11.1 Å². The Balaban J connectivity index is 1.89. The molecule has 1 aromatic carbocycles. The molecule has 3 N–H and O–H groups in total. The second-order valence-electron chi connectivity index (χ2n) is 4.81. The van der Waals surface area contributed by atoms with Gasteiger partial charge in [-0.15, -0.1) is 0 Å². The van der Waals surface area contributed by atoms with Gasteiger partial charge in [-0.25, -0.2) is 4.39 Å². The molecule has 1 heterocycles. The molecule has 0 spiro atoms. The maximum atomic E-state index is 12.9. The van der Waals surface area contributed by atoms with Crippen molar-refractivity contribution in [3.8, 4) is 0 Å². The highest BCUT2D eigenvalue weighted by atomic mass is 19.1. The van der Waals surface area contributed by atoms with Crippen molar-refractivity contribution in [2.45, 2.75) is 6.54 Å². The molecule has 0 fully saturated rings. The average molecular weight is 288 g/mol. The second-order valence-corrected chi connectivity index (χ2v) is 4.81. The van der Waals surface area contributed by atoms with Gasteiger partial charge in [0.25, 0.3) is 0 Å². The molecular formula is C15H17FN4O. The molecule has 1 aromatic heterocycles. The average Bonchev–Trinajstić information content (AvgIpc) is 2.43. The number of nitrogen functional groups attached to an aromatic ring is 1. The predicted molar refractivity (Wildman–Crippen MR) is 80.0 cm³/mol. The summed E-state index contributed by atoms with van der Waals surface area (Å²) in [5, 5.41) is 2.67. The number of nitrogens with zero attached hydrogens (tertiary/aromatic N) is 2. The van der Waals surface area contributed by atoms with E-state index in [1.54, 1.807) is 12.4 Å². The van der Waals surface area contributed by atoms with Gasteiger partial charge in [-0.2, -0.15) is 0 Å². The third-order valence-corrected chi connectivity index (χ3v) is 2.88. The Labute approximate surface area is 122 Å². The first-order valence-electron chi connectivity index (χ1n) is 6.47. The third-order valence-electron chi connectivity index (χ3n) is 2.88. The minimum Gasteiger partial charge on any atom is -0.397 e. The molecule has 2 aromatic rings. The summed E-state index contributed by atoms with van der Waals surface area (Å²) in [4.78, 5) is 17.8. The lowest BCUT2D eigenvalue weighted by atomic mass is 10.2. The lowest BCUT2D eigenvalue weighted by Gasteiger charge is -2.16. The van der Waals surface area contributed by atoms with Crippen molar-refractivity contribution in [3.05, 3.63) is 54.1 Å². The Morgan fingerprint density at radius 1 is 1.43 bits per heavy atom. The number of rotatable bonds is 5. The third kappa shape index (κ3) is 4.54. The van der Waals surface area contributed by atoms with Crippen LogP contribution < -0.4 is 11.1 Å². The van der Waals surface area contributed by atoms with Crippen molar-refractivity contribution < 1.29 is 9.18 Å². The summed E-state index contributed by atoms with van der Waals surface area (Å²) in [5.41, 5.74) is 7.29. The van der Waals surface area contributed by atoms with Crippen LogP contribution in [0.3, 0.4) is 0 Å². The fourth-order valence-electron chi connectivity index (χ4n) is 1.94. The number of pyridine rings is 1. The van der Waals surface area contributed by atoms with Crippen molar-refractivity contribution in [1.29, 1.82) is 0 Å². The van der Waals surface area contributed by atoms with Gasteiger partial charge in [-0.1, -0.05) is 6.07 Å². The molecule has 0 bridgehead atoms. The van der Waals surface area contributed by atoms with Crippen LogP contribution in [0.4, 0.5) is 15.8 Å². The largest absolute Gasteiger partial charge is 0.397 e. The van der Waals surface area contributed by atoms with E-state index < -0.39 is 5.82 Å². The van der Waals surface area contributed by atoms with E-state index in [-0.39, 0.29) is 18.1 Å². The molecule has 0 aliphatic carbocycles. The molecule has 0 aliphatic rings. The van der Waals surface area contributed by atoms with E-state index in [1.165, 1.54) is 18.2 Å². The van der Waals surface area contributed by atoms with Crippen molar-refractivity contribution in [2.75, 3.05) is 24.6 Å². The number of benzene rings is 1. The first-order valence-corrected chi connectivity index (χ1v) is 6.47. The molecule has 2 rings (SSSR count). The molecule has 0 saturated carbocycles. The summed E-state index contributed by atoms with van der Waals surface area (Å²) in [6, 6.07) is 7.67. The Bertz CT molecular complexity index is 618. The molecule has 5 nitrogen and oxygen atoms in total. The van der Waals surface area contributed by atoms with Crippen LogP contribution in [-0.2, 0) is 11.3 Å². The van der Waals surface area contributed by atoms with E-state index in [2.05, 4.69) is 10.3 Å². The first-order chi connectivity index (χ1) is 10.0. The van der Waals surface area contributed by atoms with Crippen LogP contribution in [0.15, 0.2) is 42.7 Å². The number of hydrogen-bond donors (Lipinski definition) is 2. The second kappa shape index (κ2) is 6.81. The lowest BCUT2D eigenvalue weighted by molar-refractivity contribution is -0.117. The fraction of sp³-hybridized carbons (Fsp3) is 0.200. The highest BCUT2D eigenvalue weighted by Gasteiger charge is 2.09. The molecule has 0 saturated heterocycles. The maximum absolute atomic E-state index is 12.9. The summed E-state index contributed by atoms with van der Waals surface area (Å²) < 4.78 is 12.9. The topological polar surface area (TPSA) is 71.2 Å². The van der Waals surface area contributed by atoms with Gasteiger partial charge in [0.2, 0.25) is 5.91 Å². The van der Waals surface area contributed by atoms with Gasteiger partial charge >= 0.3 is 0 Å². The SMILES string of the molecule is CN(CC(=O)Nc1ccc(F)cc1N)Cc1cccnc1. The highest BCUT2D eigenvalue weighted by molar-refractivity contribution is 5.95. The van der Waals surface area contributed by atoms with Gasteiger partial charge in [-0.05, 0) is 36.9 Å². The van der Waals surface area contributed by atoms with Gasteiger partial charge in [0, 0.05) is 18.9 Å². The van der Waals surface area contributed by atoms with Crippen molar-refractivity contribution in [2.24, 2.45) is 0 Å². The highest BCUT2D eigenvalue weighted by Crippen LogP contribution is 2.18. The number of hydrogen-bond acceptors (Lipinski definition) is 4. The molecule has 0 atom stereocenters.